The van der Waals surface area contributed by atoms with E-state index in [2.05, 4.69) is 5.32 Å². The van der Waals surface area contributed by atoms with Gasteiger partial charge in [-0.15, -0.1) is 0 Å². The summed E-state index contributed by atoms with van der Waals surface area (Å²) in [6.07, 6.45) is 5.07. The average Bonchev–Trinajstić information content (AvgIpc) is 2.68. The Bertz CT molecular complexity index is 475. The summed E-state index contributed by atoms with van der Waals surface area (Å²) < 4.78 is 5.01. The van der Waals surface area contributed by atoms with Crippen LogP contribution >= 0.6 is 0 Å². The molecule has 9 heteroatoms. The number of carboxylic acids is 1. The van der Waals surface area contributed by atoms with Crippen LogP contribution in [0.1, 0.15) is 77.0 Å². The van der Waals surface area contributed by atoms with Crippen molar-refractivity contribution in [1.82, 2.24) is 5.32 Å². The number of unbranched alkanes of at least 4 members (excludes halogenated alkanes) is 9. The topological polar surface area (TPSA) is 157 Å². The summed E-state index contributed by atoms with van der Waals surface area (Å²) in [7, 11) is 0. The van der Waals surface area contributed by atoms with Crippen LogP contribution in [0.15, 0.2) is 0 Å². The van der Waals surface area contributed by atoms with Crippen LogP contribution in [-0.2, 0) is 14.3 Å². The first kappa shape index (κ1) is 25.8. The number of rotatable bonds is 15. The number of amides is 1. The molecule has 0 saturated carbocycles. The minimum atomic E-state index is -1.49. The second-order valence-electron chi connectivity index (χ2n) is 7.75. The molecule has 5 atom stereocenters. The van der Waals surface area contributed by atoms with Crippen LogP contribution in [0, 0.1) is 0 Å². The maximum absolute atomic E-state index is 12.0. The Labute approximate surface area is 172 Å². The maximum atomic E-state index is 12.0. The Morgan fingerprint density at radius 1 is 0.759 bits per heavy atom. The fourth-order valence-corrected chi connectivity index (χ4v) is 3.49. The van der Waals surface area contributed by atoms with Gasteiger partial charge in [0.1, 0.15) is 24.4 Å². The SMILES string of the molecule is O=C(O)CCCCCCCCCCCCC(=O)N[C@H]1C(O)O[C@H](CO)[C@@H](O)[C@@H]1O. The van der Waals surface area contributed by atoms with Gasteiger partial charge in [-0.3, -0.25) is 9.59 Å². The summed E-state index contributed by atoms with van der Waals surface area (Å²) >= 11 is 0. The van der Waals surface area contributed by atoms with E-state index in [4.69, 9.17) is 14.9 Å². The minimum absolute atomic E-state index is 0.253. The molecule has 1 unspecified atom stereocenters. The molecule has 1 saturated heterocycles. The Kier molecular flexibility index (Phi) is 13.0. The first-order chi connectivity index (χ1) is 13.9. The van der Waals surface area contributed by atoms with Crippen molar-refractivity contribution in [3.05, 3.63) is 0 Å². The predicted octanol–water partition coefficient (Wildman–Crippen LogP) is 0.668. The third kappa shape index (κ3) is 10.4. The summed E-state index contributed by atoms with van der Waals surface area (Å²) in [5, 5.41) is 49.8. The third-order valence-corrected chi connectivity index (χ3v) is 5.27. The number of nitrogens with one attached hydrogen (secondary N) is 1. The third-order valence-electron chi connectivity index (χ3n) is 5.27. The van der Waals surface area contributed by atoms with Gasteiger partial charge in [0.05, 0.1) is 6.61 Å². The Morgan fingerprint density at radius 3 is 1.72 bits per heavy atom. The number of hydrogen-bond donors (Lipinski definition) is 6. The van der Waals surface area contributed by atoms with Crippen LogP contribution in [0.3, 0.4) is 0 Å². The fourth-order valence-electron chi connectivity index (χ4n) is 3.49. The molecule has 0 aromatic carbocycles. The highest BCUT2D eigenvalue weighted by atomic mass is 16.6. The van der Waals surface area contributed by atoms with E-state index in [0.29, 0.717) is 6.42 Å². The van der Waals surface area contributed by atoms with Gasteiger partial charge in [0, 0.05) is 12.8 Å². The summed E-state index contributed by atoms with van der Waals surface area (Å²) in [4.78, 5) is 22.4. The molecule has 1 heterocycles. The summed E-state index contributed by atoms with van der Waals surface area (Å²) in [6.45, 7) is -0.541. The van der Waals surface area contributed by atoms with Crippen molar-refractivity contribution < 1.29 is 39.9 Å². The first-order valence-electron chi connectivity index (χ1n) is 10.7. The second kappa shape index (κ2) is 14.7. The van der Waals surface area contributed by atoms with Gasteiger partial charge >= 0.3 is 5.97 Å². The molecule has 0 aliphatic carbocycles. The van der Waals surface area contributed by atoms with Gasteiger partial charge in [-0.25, -0.2) is 0 Å². The zero-order chi connectivity index (χ0) is 21.6. The zero-order valence-electron chi connectivity index (χ0n) is 17.0. The van der Waals surface area contributed by atoms with E-state index >= 15 is 0 Å². The molecule has 0 aromatic rings. The molecule has 170 valence electrons. The van der Waals surface area contributed by atoms with Crippen molar-refractivity contribution in [2.45, 2.75) is 108 Å². The van der Waals surface area contributed by atoms with Gasteiger partial charge in [0.25, 0.3) is 0 Å². The smallest absolute Gasteiger partial charge is 0.303 e. The molecule has 0 spiro atoms. The van der Waals surface area contributed by atoms with Crippen LogP contribution in [-0.4, -0.2) is 74.7 Å². The van der Waals surface area contributed by atoms with Gasteiger partial charge in [0.15, 0.2) is 6.29 Å². The summed E-state index contributed by atoms with van der Waals surface area (Å²) in [5.74, 6) is -1.06. The first-order valence-corrected chi connectivity index (χ1v) is 10.7. The Hall–Kier alpha value is -1.26. The van der Waals surface area contributed by atoms with Crippen LogP contribution < -0.4 is 5.32 Å². The van der Waals surface area contributed by atoms with Gasteiger partial charge in [0.2, 0.25) is 5.91 Å². The standard InChI is InChI=1S/C20H37NO8/c22-13-14-18(26)19(27)17(20(28)29-14)21-15(23)11-9-7-5-3-1-2-4-6-8-10-12-16(24)25/h14,17-20,22,26-28H,1-13H2,(H,21,23)(H,24,25)/t14-,17-,18-,19-,20?/m1/s1. The monoisotopic (exact) mass is 419 g/mol. The quantitative estimate of drug-likeness (QED) is 0.211. The number of carbonyl (C=O) groups excluding carboxylic acids is 1. The van der Waals surface area contributed by atoms with Crippen molar-refractivity contribution in [1.29, 1.82) is 0 Å². The zero-order valence-corrected chi connectivity index (χ0v) is 17.0. The number of ether oxygens (including phenoxy) is 1. The molecule has 0 bridgehead atoms. The molecule has 6 N–H and O–H groups in total. The average molecular weight is 420 g/mol. The van der Waals surface area contributed by atoms with E-state index in [-0.39, 0.29) is 18.7 Å². The fraction of sp³-hybridized carbons (Fsp3) is 0.900. The largest absolute Gasteiger partial charge is 0.481 e. The molecule has 1 fully saturated rings. The van der Waals surface area contributed by atoms with Crippen molar-refractivity contribution in [3.8, 4) is 0 Å². The molecular formula is C20H37NO8. The number of carboxylic acid groups (broad SMARTS) is 1. The molecule has 0 aromatic heterocycles. The molecule has 1 amide bonds. The van der Waals surface area contributed by atoms with E-state index in [1.165, 1.54) is 0 Å². The molecule has 1 aliphatic heterocycles. The lowest BCUT2D eigenvalue weighted by atomic mass is 9.97. The van der Waals surface area contributed by atoms with E-state index < -0.39 is 43.2 Å². The molecule has 29 heavy (non-hydrogen) atoms. The number of aliphatic hydroxyl groups excluding tert-OH is 4. The molecule has 1 aliphatic rings. The highest BCUT2D eigenvalue weighted by Gasteiger charge is 2.44. The second-order valence-corrected chi connectivity index (χ2v) is 7.75. The summed E-state index contributed by atoms with van der Waals surface area (Å²) in [6, 6.07) is -1.13. The Balaban J connectivity index is 2.02. The van der Waals surface area contributed by atoms with Gasteiger partial charge in [-0.1, -0.05) is 51.4 Å². The van der Waals surface area contributed by atoms with Crippen molar-refractivity contribution in [3.63, 3.8) is 0 Å². The number of hydrogen-bond acceptors (Lipinski definition) is 7. The number of aliphatic hydroxyl groups is 4. The van der Waals surface area contributed by atoms with Crippen molar-refractivity contribution >= 4 is 11.9 Å². The van der Waals surface area contributed by atoms with Crippen LogP contribution in [0.2, 0.25) is 0 Å². The van der Waals surface area contributed by atoms with Gasteiger partial charge in [-0.05, 0) is 12.8 Å². The van der Waals surface area contributed by atoms with Crippen LogP contribution in [0.5, 0.6) is 0 Å². The molecule has 1 rings (SSSR count). The van der Waals surface area contributed by atoms with E-state index in [1.54, 1.807) is 0 Å². The normalized spacial score (nSPS) is 27.0. The summed E-state index contributed by atoms with van der Waals surface area (Å²) in [5.41, 5.74) is 0. The van der Waals surface area contributed by atoms with Crippen molar-refractivity contribution in [2.24, 2.45) is 0 Å². The van der Waals surface area contributed by atoms with E-state index in [0.717, 1.165) is 57.8 Å². The van der Waals surface area contributed by atoms with Crippen LogP contribution in [0.4, 0.5) is 0 Å². The molecule has 0 radical (unpaired) electrons. The van der Waals surface area contributed by atoms with E-state index in [1.807, 2.05) is 0 Å². The molecule has 9 nitrogen and oxygen atoms in total. The highest BCUT2D eigenvalue weighted by molar-refractivity contribution is 5.76. The lowest BCUT2D eigenvalue weighted by molar-refractivity contribution is -0.253. The minimum Gasteiger partial charge on any atom is -0.481 e. The van der Waals surface area contributed by atoms with Gasteiger partial charge < -0.3 is 35.6 Å². The lowest BCUT2D eigenvalue weighted by Gasteiger charge is -2.40. The van der Waals surface area contributed by atoms with Crippen molar-refractivity contribution in [2.75, 3.05) is 6.61 Å². The number of aliphatic carboxylic acids is 1. The van der Waals surface area contributed by atoms with Gasteiger partial charge in [-0.2, -0.15) is 0 Å². The number of carbonyl (C=O) groups is 2. The Morgan fingerprint density at radius 2 is 1.24 bits per heavy atom. The van der Waals surface area contributed by atoms with Crippen LogP contribution in [0.25, 0.3) is 0 Å². The van der Waals surface area contributed by atoms with E-state index in [9.17, 15) is 24.9 Å². The maximum Gasteiger partial charge on any atom is 0.303 e. The predicted molar refractivity (Wildman–Crippen MR) is 105 cm³/mol. The lowest BCUT2D eigenvalue weighted by Crippen LogP contribution is -2.64. The highest BCUT2D eigenvalue weighted by Crippen LogP contribution is 2.20. The molecular weight excluding hydrogens is 382 g/mol.